The summed E-state index contributed by atoms with van der Waals surface area (Å²) in [5.41, 5.74) is 5.22. The molecule has 1 atom stereocenters. The summed E-state index contributed by atoms with van der Waals surface area (Å²) in [7, 11) is 0. The van der Waals surface area contributed by atoms with E-state index in [1.54, 1.807) is 31.3 Å². The van der Waals surface area contributed by atoms with Crippen molar-refractivity contribution >= 4 is 28.3 Å². The van der Waals surface area contributed by atoms with Crippen LogP contribution in [0, 0.1) is 12.7 Å². The van der Waals surface area contributed by atoms with Crippen LogP contribution < -0.4 is 16.6 Å². The maximum absolute atomic E-state index is 13.8. The Kier molecular flexibility index (Phi) is 9.27. The number of nitrogens with two attached hydrogens (primary N) is 1. The number of nitrogens with zero attached hydrogens (tertiary/aromatic N) is 1. The number of aromatic nitrogens is 1. The number of anilines is 1. The number of benzene rings is 2. The SMILES string of the molecule is Cc1ccc2c(=O)n([C@H](C)CN)ccc2c1NC(=O)Cc1ccc(C(F)(F)F)c(F)c1.O=C(O)C(F)(F)F. The molecule has 38 heavy (non-hydrogen) atoms. The first-order valence-corrected chi connectivity index (χ1v) is 10.8. The van der Waals surface area contributed by atoms with E-state index < -0.39 is 35.6 Å². The Morgan fingerprint density at radius 3 is 2.16 bits per heavy atom. The van der Waals surface area contributed by atoms with Crippen LogP contribution in [0.15, 0.2) is 47.4 Å². The molecule has 1 aromatic heterocycles. The molecule has 3 aromatic rings. The number of hydrogen-bond donors (Lipinski definition) is 3. The smallest absolute Gasteiger partial charge is 0.475 e. The number of pyridine rings is 1. The lowest BCUT2D eigenvalue weighted by Gasteiger charge is -2.16. The van der Waals surface area contributed by atoms with Crippen molar-refractivity contribution in [2.24, 2.45) is 5.73 Å². The van der Waals surface area contributed by atoms with E-state index in [9.17, 15) is 40.3 Å². The molecule has 0 saturated heterocycles. The van der Waals surface area contributed by atoms with E-state index in [0.29, 0.717) is 34.2 Å². The molecule has 0 bridgehead atoms. The first kappa shape index (κ1) is 30.3. The van der Waals surface area contributed by atoms with E-state index in [1.165, 1.54) is 4.57 Å². The topological polar surface area (TPSA) is 114 Å². The van der Waals surface area contributed by atoms with Crippen molar-refractivity contribution in [3.63, 3.8) is 0 Å². The number of halogens is 7. The molecule has 2 aromatic carbocycles. The molecule has 0 aliphatic rings. The molecular weight excluding hydrogens is 527 g/mol. The zero-order chi connectivity index (χ0) is 29.0. The molecule has 1 amide bonds. The summed E-state index contributed by atoms with van der Waals surface area (Å²) in [5.74, 6) is -4.74. The van der Waals surface area contributed by atoms with Gasteiger partial charge in [-0.25, -0.2) is 9.18 Å². The highest BCUT2D eigenvalue weighted by Gasteiger charge is 2.38. The van der Waals surface area contributed by atoms with Crippen molar-refractivity contribution in [1.82, 2.24) is 4.57 Å². The van der Waals surface area contributed by atoms with Crippen LogP contribution in [0.25, 0.3) is 10.8 Å². The fourth-order valence-electron chi connectivity index (χ4n) is 3.34. The largest absolute Gasteiger partial charge is 0.490 e. The molecule has 0 saturated carbocycles. The number of carboxylic acid groups (broad SMARTS) is 1. The third-order valence-electron chi connectivity index (χ3n) is 5.35. The van der Waals surface area contributed by atoms with Crippen LogP contribution in [0.4, 0.5) is 36.4 Å². The molecule has 0 fully saturated rings. The second-order valence-corrected chi connectivity index (χ2v) is 8.17. The second kappa shape index (κ2) is 11.6. The number of alkyl halides is 6. The van der Waals surface area contributed by atoms with Crippen LogP contribution in [-0.2, 0) is 22.2 Å². The van der Waals surface area contributed by atoms with E-state index in [1.807, 2.05) is 6.92 Å². The second-order valence-electron chi connectivity index (χ2n) is 8.17. The van der Waals surface area contributed by atoms with Gasteiger partial charge in [0.1, 0.15) is 5.82 Å². The minimum atomic E-state index is -5.08. The molecule has 0 aliphatic heterocycles. The molecule has 206 valence electrons. The van der Waals surface area contributed by atoms with Crippen molar-refractivity contribution in [2.45, 2.75) is 38.7 Å². The van der Waals surface area contributed by atoms with Gasteiger partial charge in [0.25, 0.3) is 5.56 Å². The standard InChI is InChI=1S/C22H21F4N3O2.C2HF3O2/c1-12-3-5-16-15(7-8-29(21(16)31)13(2)11-27)20(12)28-19(30)10-14-4-6-17(18(23)9-14)22(24,25)26;3-2(4,5)1(6)7/h3-9,13H,10-11,27H2,1-2H3,(H,28,30);(H,6,7)/t13-;/m1./s1. The van der Waals surface area contributed by atoms with Crippen LogP contribution in [0.5, 0.6) is 0 Å². The summed E-state index contributed by atoms with van der Waals surface area (Å²) in [5, 5.41) is 10.7. The van der Waals surface area contributed by atoms with E-state index in [-0.39, 0.29) is 30.1 Å². The highest BCUT2D eigenvalue weighted by molar-refractivity contribution is 6.03. The number of nitrogens with one attached hydrogen (secondary N) is 1. The van der Waals surface area contributed by atoms with Gasteiger partial charge < -0.3 is 20.7 Å². The van der Waals surface area contributed by atoms with Gasteiger partial charge in [0.2, 0.25) is 5.91 Å². The molecule has 4 N–H and O–H groups in total. The van der Waals surface area contributed by atoms with Crippen molar-refractivity contribution in [1.29, 1.82) is 0 Å². The van der Waals surface area contributed by atoms with E-state index in [4.69, 9.17) is 15.6 Å². The number of amides is 1. The van der Waals surface area contributed by atoms with E-state index in [0.717, 1.165) is 6.07 Å². The van der Waals surface area contributed by atoms with Gasteiger partial charge in [-0.1, -0.05) is 12.1 Å². The van der Waals surface area contributed by atoms with Crippen LogP contribution in [0.3, 0.4) is 0 Å². The molecule has 14 heteroatoms. The van der Waals surface area contributed by atoms with Crippen molar-refractivity contribution in [3.8, 4) is 0 Å². The number of aryl methyl sites for hydroxylation is 1. The Labute approximate surface area is 210 Å². The minimum Gasteiger partial charge on any atom is -0.475 e. The molecule has 0 spiro atoms. The van der Waals surface area contributed by atoms with Crippen LogP contribution in [-0.4, -0.2) is 34.3 Å². The first-order valence-electron chi connectivity index (χ1n) is 10.8. The van der Waals surface area contributed by atoms with Gasteiger partial charge in [-0.05, 0) is 49.2 Å². The molecule has 0 radical (unpaired) electrons. The molecule has 7 nitrogen and oxygen atoms in total. The number of rotatable bonds is 5. The minimum absolute atomic E-state index is 0.0972. The summed E-state index contributed by atoms with van der Waals surface area (Å²) in [6, 6.07) is 7.22. The summed E-state index contributed by atoms with van der Waals surface area (Å²) in [6.07, 6.45) is -8.62. The average Bonchev–Trinajstić information content (AvgIpc) is 2.79. The van der Waals surface area contributed by atoms with Crippen molar-refractivity contribution in [2.75, 3.05) is 11.9 Å². The Morgan fingerprint density at radius 1 is 1.05 bits per heavy atom. The monoisotopic (exact) mass is 549 g/mol. The third kappa shape index (κ3) is 7.31. The van der Waals surface area contributed by atoms with Crippen LogP contribution in [0.2, 0.25) is 0 Å². The molecule has 0 unspecified atom stereocenters. The molecule has 0 aliphatic carbocycles. The van der Waals surface area contributed by atoms with Gasteiger partial charge in [-0.15, -0.1) is 0 Å². The van der Waals surface area contributed by atoms with Gasteiger partial charge in [0, 0.05) is 29.6 Å². The predicted octanol–water partition coefficient (Wildman–Crippen LogP) is 4.80. The molecule has 3 rings (SSSR count). The fraction of sp³-hybridized carbons (Fsp3) is 0.292. The highest BCUT2D eigenvalue weighted by Crippen LogP contribution is 2.32. The molecule has 1 heterocycles. The lowest BCUT2D eigenvalue weighted by Crippen LogP contribution is -2.27. The summed E-state index contributed by atoms with van der Waals surface area (Å²) < 4.78 is 85.1. The number of carbonyl (C=O) groups is 2. The van der Waals surface area contributed by atoms with E-state index in [2.05, 4.69) is 5.32 Å². The van der Waals surface area contributed by atoms with Crippen molar-refractivity contribution < 1.29 is 45.4 Å². The normalized spacial score (nSPS) is 12.5. The summed E-state index contributed by atoms with van der Waals surface area (Å²) in [6.45, 7) is 3.85. The average molecular weight is 549 g/mol. The summed E-state index contributed by atoms with van der Waals surface area (Å²) in [4.78, 5) is 34.2. The van der Waals surface area contributed by atoms with E-state index >= 15 is 0 Å². The van der Waals surface area contributed by atoms with Gasteiger partial charge >= 0.3 is 18.3 Å². The Morgan fingerprint density at radius 2 is 1.66 bits per heavy atom. The highest BCUT2D eigenvalue weighted by atomic mass is 19.4. The lowest BCUT2D eigenvalue weighted by molar-refractivity contribution is -0.192. The Bertz CT molecular complexity index is 1400. The quantitative estimate of drug-likeness (QED) is 0.396. The number of aliphatic carboxylic acids is 1. The van der Waals surface area contributed by atoms with Crippen LogP contribution >= 0.6 is 0 Å². The number of hydrogen-bond acceptors (Lipinski definition) is 4. The van der Waals surface area contributed by atoms with Gasteiger partial charge in [0.05, 0.1) is 17.7 Å². The van der Waals surface area contributed by atoms with Gasteiger partial charge in [0.15, 0.2) is 0 Å². The van der Waals surface area contributed by atoms with Gasteiger partial charge in [-0.2, -0.15) is 26.3 Å². The zero-order valence-electron chi connectivity index (χ0n) is 19.9. The number of carbonyl (C=O) groups excluding carboxylic acids is 1. The maximum atomic E-state index is 13.8. The Balaban J connectivity index is 0.000000638. The Hall–Kier alpha value is -3.94. The third-order valence-corrected chi connectivity index (χ3v) is 5.35. The maximum Gasteiger partial charge on any atom is 0.490 e. The zero-order valence-corrected chi connectivity index (χ0v) is 19.9. The lowest BCUT2D eigenvalue weighted by atomic mass is 10.0. The van der Waals surface area contributed by atoms with Crippen molar-refractivity contribution in [3.05, 3.63) is 75.5 Å². The summed E-state index contributed by atoms with van der Waals surface area (Å²) >= 11 is 0. The van der Waals surface area contributed by atoms with Gasteiger partial charge in [-0.3, -0.25) is 9.59 Å². The fourth-order valence-corrected chi connectivity index (χ4v) is 3.34. The number of fused-ring (bicyclic) bond motifs is 1. The predicted molar refractivity (Wildman–Crippen MR) is 124 cm³/mol. The molecular formula is C24H22F7N3O4. The first-order chi connectivity index (χ1) is 17.5. The van der Waals surface area contributed by atoms with Crippen LogP contribution in [0.1, 0.15) is 29.7 Å². The number of carboxylic acids is 1.